The van der Waals surface area contributed by atoms with Crippen molar-refractivity contribution in [3.8, 4) is 0 Å². The van der Waals surface area contributed by atoms with Crippen molar-refractivity contribution in [1.29, 1.82) is 0 Å². The Morgan fingerprint density at radius 3 is 2.52 bits per heavy atom. The van der Waals surface area contributed by atoms with Gasteiger partial charge in [-0.05, 0) is 75.3 Å². The second-order valence-corrected chi connectivity index (χ2v) is 8.53. The predicted octanol–water partition coefficient (Wildman–Crippen LogP) is 3.91. The van der Waals surface area contributed by atoms with E-state index in [2.05, 4.69) is 31.0 Å². The fourth-order valence-corrected chi connectivity index (χ4v) is 4.87. The van der Waals surface area contributed by atoms with E-state index in [-0.39, 0.29) is 0 Å². The number of nitrogens with one attached hydrogen (secondary N) is 1. The number of rotatable bonds is 5. The number of nitrogens with zero attached hydrogens (tertiary/aromatic N) is 1. The SMILES string of the molecule is CC1CCC(C(C)C)C(N(CC2CCCNC2)C2CC2)C1. The molecule has 1 N–H and O–H groups in total. The largest absolute Gasteiger partial charge is 0.316 e. The average Bonchev–Trinajstić information content (AvgIpc) is 3.30. The fraction of sp³-hybridized carbons (Fsp3) is 1.00. The summed E-state index contributed by atoms with van der Waals surface area (Å²) in [6.07, 6.45) is 10.2. The minimum atomic E-state index is 0.855. The lowest BCUT2D eigenvalue weighted by Crippen LogP contribution is -2.50. The van der Waals surface area contributed by atoms with Crippen molar-refractivity contribution in [3.05, 3.63) is 0 Å². The molecule has 0 aromatic rings. The Balaban J connectivity index is 1.68. The third-order valence-corrected chi connectivity index (χ3v) is 6.30. The molecule has 0 bridgehead atoms. The zero-order valence-electron chi connectivity index (χ0n) is 14.5. The molecular weight excluding hydrogens is 256 g/mol. The van der Waals surface area contributed by atoms with E-state index < -0.39 is 0 Å². The van der Waals surface area contributed by atoms with Gasteiger partial charge in [-0.15, -0.1) is 0 Å². The van der Waals surface area contributed by atoms with E-state index in [1.54, 1.807) is 0 Å². The molecule has 4 unspecified atom stereocenters. The van der Waals surface area contributed by atoms with Crippen molar-refractivity contribution in [2.45, 2.75) is 77.8 Å². The van der Waals surface area contributed by atoms with E-state index >= 15 is 0 Å². The van der Waals surface area contributed by atoms with Crippen molar-refractivity contribution in [1.82, 2.24) is 10.2 Å². The van der Waals surface area contributed by atoms with Crippen LogP contribution in [-0.2, 0) is 0 Å². The lowest BCUT2D eigenvalue weighted by Gasteiger charge is -2.45. The van der Waals surface area contributed by atoms with Crippen LogP contribution in [0.2, 0.25) is 0 Å². The van der Waals surface area contributed by atoms with E-state index in [9.17, 15) is 0 Å². The number of hydrogen-bond acceptors (Lipinski definition) is 2. The first kappa shape index (κ1) is 15.8. The molecule has 0 spiro atoms. The Morgan fingerprint density at radius 1 is 1.10 bits per heavy atom. The quantitative estimate of drug-likeness (QED) is 0.826. The maximum absolute atomic E-state index is 3.62. The standard InChI is InChI=1S/C19H36N2/c1-14(2)18-9-6-15(3)11-19(18)21(17-7-8-17)13-16-5-4-10-20-12-16/h14-20H,4-13H2,1-3H3. The van der Waals surface area contributed by atoms with Crippen LogP contribution in [0.4, 0.5) is 0 Å². The molecule has 21 heavy (non-hydrogen) atoms. The molecule has 0 aromatic carbocycles. The zero-order chi connectivity index (χ0) is 14.8. The second kappa shape index (κ2) is 7.00. The van der Waals surface area contributed by atoms with Gasteiger partial charge in [0.15, 0.2) is 0 Å². The van der Waals surface area contributed by atoms with E-state index in [0.29, 0.717) is 0 Å². The molecule has 0 radical (unpaired) electrons. The van der Waals surface area contributed by atoms with Gasteiger partial charge < -0.3 is 5.32 Å². The molecule has 3 fully saturated rings. The molecule has 1 aliphatic heterocycles. The van der Waals surface area contributed by atoms with Crippen LogP contribution in [0.3, 0.4) is 0 Å². The van der Waals surface area contributed by atoms with Crippen molar-refractivity contribution >= 4 is 0 Å². The minimum absolute atomic E-state index is 0.855. The van der Waals surface area contributed by atoms with E-state index in [1.807, 2.05) is 0 Å². The van der Waals surface area contributed by atoms with Crippen molar-refractivity contribution < 1.29 is 0 Å². The minimum Gasteiger partial charge on any atom is -0.316 e. The van der Waals surface area contributed by atoms with Gasteiger partial charge in [0.05, 0.1) is 0 Å². The summed E-state index contributed by atoms with van der Waals surface area (Å²) in [6, 6.07) is 1.81. The Kier molecular flexibility index (Phi) is 5.27. The Hall–Kier alpha value is -0.0800. The first-order valence-corrected chi connectivity index (χ1v) is 9.61. The highest BCUT2D eigenvalue weighted by Crippen LogP contribution is 2.41. The smallest absolute Gasteiger partial charge is 0.0131 e. The van der Waals surface area contributed by atoms with Crippen molar-refractivity contribution in [2.24, 2.45) is 23.7 Å². The van der Waals surface area contributed by atoms with E-state index in [0.717, 1.165) is 35.8 Å². The van der Waals surface area contributed by atoms with Crippen LogP contribution in [0.5, 0.6) is 0 Å². The molecule has 122 valence electrons. The van der Waals surface area contributed by atoms with Gasteiger partial charge in [0, 0.05) is 18.6 Å². The number of piperidine rings is 1. The van der Waals surface area contributed by atoms with Crippen LogP contribution in [0.25, 0.3) is 0 Å². The third kappa shape index (κ3) is 4.01. The maximum atomic E-state index is 3.62. The maximum Gasteiger partial charge on any atom is 0.0131 e. The van der Waals surface area contributed by atoms with Gasteiger partial charge in [0.25, 0.3) is 0 Å². The van der Waals surface area contributed by atoms with Crippen LogP contribution in [0.15, 0.2) is 0 Å². The first-order valence-electron chi connectivity index (χ1n) is 9.61. The van der Waals surface area contributed by atoms with Crippen LogP contribution in [0.1, 0.15) is 65.7 Å². The highest BCUT2D eigenvalue weighted by atomic mass is 15.2. The summed E-state index contributed by atoms with van der Waals surface area (Å²) in [7, 11) is 0. The van der Waals surface area contributed by atoms with Gasteiger partial charge in [-0.2, -0.15) is 0 Å². The lowest BCUT2D eigenvalue weighted by atomic mass is 9.73. The summed E-state index contributed by atoms with van der Waals surface area (Å²) >= 11 is 0. The average molecular weight is 293 g/mol. The van der Waals surface area contributed by atoms with Gasteiger partial charge in [-0.25, -0.2) is 0 Å². The molecule has 1 heterocycles. The molecule has 2 aliphatic carbocycles. The molecule has 2 heteroatoms. The van der Waals surface area contributed by atoms with Gasteiger partial charge in [0.2, 0.25) is 0 Å². The van der Waals surface area contributed by atoms with Gasteiger partial charge in [0.1, 0.15) is 0 Å². The lowest BCUT2D eigenvalue weighted by molar-refractivity contribution is 0.0390. The Morgan fingerprint density at radius 2 is 1.90 bits per heavy atom. The third-order valence-electron chi connectivity index (χ3n) is 6.30. The summed E-state index contributed by atoms with van der Waals surface area (Å²) in [6.45, 7) is 11.3. The van der Waals surface area contributed by atoms with Crippen LogP contribution >= 0.6 is 0 Å². The zero-order valence-corrected chi connectivity index (χ0v) is 14.5. The fourth-order valence-electron chi connectivity index (χ4n) is 4.87. The van der Waals surface area contributed by atoms with Crippen LogP contribution < -0.4 is 5.32 Å². The Labute approximate surface area is 132 Å². The first-order chi connectivity index (χ1) is 10.1. The van der Waals surface area contributed by atoms with E-state index in [4.69, 9.17) is 0 Å². The highest BCUT2D eigenvalue weighted by Gasteiger charge is 2.41. The normalized spacial score (nSPS) is 38.1. The summed E-state index contributed by atoms with van der Waals surface area (Å²) in [5, 5.41) is 3.62. The highest BCUT2D eigenvalue weighted by molar-refractivity contribution is 4.95. The molecule has 1 saturated heterocycles. The molecule has 0 aromatic heterocycles. The molecule has 3 rings (SSSR count). The Bertz CT molecular complexity index is 318. The van der Waals surface area contributed by atoms with Crippen molar-refractivity contribution in [2.75, 3.05) is 19.6 Å². The molecule has 2 saturated carbocycles. The van der Waals surface area contributed by atoms with E-state index in [1.165, 1.54) is 64.6 Å². The van der Waals surface area contributed by atoms with Gasteiger partial charge in [-0.3, -0.25) is 4.90 Å². The van der Waals surface area contributed by atoms with Gasteiger partial charge >= 0.3 is 0 Å². The summed E-state index contributed by atoms with van der Waals surface area (Å²) in [4.78, 5) is 2.98. The topological polar surface area (TPSA) is 15.3 Å². The molecule has 4 atom stereocenters. The molecule has 0 amide bonds. The van der Waals surface area contributed by atoms with Crippen LogP contribution in [0, 0.1) is 23.7 Å². The van der Waals surface area contributed by atoms with Crippen molar-refractivity contribution in [3.63, 3.8) is 0 Å². The predicted molar refractivity (Wildman–Crippen MR) is 90.5 cm³/mol. The molecule has 2 nitrogen and oxygen atoms in total. The molecule has 3 aliphatic rings. The summed E-state index contributed by atoms with van der Waals surface area (Å²) < 4.78 is 0. The monoisotopic (exact) mass is 292 g/mol. The summed E-state index contributed by atoms with van der Waals surface area (Å²) in [5.41, 5.74) is 0. The molecular formula is C19H36N2. The summed E-state index contributed by atoms with van der Waals surface area (Å²) in [5.74, 6) is 3.65. The van der Waals surface area contributed by atoms with Crippen LogP contribution in [-0.4, -0.2) is 36.6 Å². The number of hydrogen-bond donors (Lipinski definition) is 1. The second-order valence-electron chi connectivity index (χ2n) is 8.53. The van der Waals surface area contributed by atoms with Gasteiger partial charge in [-0.1, -0.05) is 27.2 Å².